The lowest BCUT2D eigenvalue weighted by atomic mass is 10.1. The zero-order chi connectivity index (χ0) is 16.9. The van der Waals surface area contributed by atoms with E-state index >= 15 is 0 Å². The quantitative estimate of drug-likeness (QED) is 0.765. The number of hydrogen-bond acceptors (Lipinski definition) is 4. The normalized spacial score (nSPS) is 16.6. The lowest BCUT2D eigenvalue weighted by molar-refractivity contribution is -0.125. The van der Waals surface area contributed by atoms with Crippen molar-refractivity contribution in [2.45, 2.75) is 18.9 Å². The third-order valence-corrected chi connectivity index (χ3v) is 3.71. The first-order valence-corrected chi connectivity index (χ1v) is 7.63. The molecule has 0 saturated heterocycles. The largest absolute Gasteiger partial charge is 0.469 e. The van der Waals surface area contributed by atoms with Crippen molar-refractivity contribution in [3.8, 4) is 0 Å². The second-order valence-electron chi connectivity index (χ2n) is 5.44. The molecule has 3 amide bonds. The van der Waals surface area contributed by atoms with Crippen LogP contribution in [-0.2, 0) is 16.0 Å². The van der Waals surface area contributed by atoms with E-state index in [1.54, 1.807) is 36.6 Å². The van der Waals surface area contributed by atoms with Gasteiger partial charge in [0, 0.05) is 13.0 Å². The lowest BCUT2D eigenvalue weighted by Crippen LogP contribution is -2.44. The molecule has 124 valence electrons. The molecule has 0 aliphatic carbocycles. The molecule has 1 aromatic heterocycles. The number of rotatable bonds is 5. The second kappa shape index (κ2) is 6.99. The van der Waals surface area contributed by atoms with Gasteiger partial charge >= 0.3 is 0 Å². The Bertz CT molecular complexity index is 755. The summed E-state index contributed by atoms with van der Waals surface area (Å²) in [5, 5.41) is 7.97. The minimum Gasteiger partial charge on any atom is -0.469 e. The summed E-state index contributed by atoms with van der Waals surface area (Å²) >= 11 is 0. The first-order chi connectivity index (χ1) is 11.6. The Hall–Kier alpha value is -3.09. The number of hydrogen-bond donors (Lipinski definition) is 3. The van der Waals surface area contributed by atoms with Gasteiger partial charge in [0.25, 0.3) is 5.91 Å². The van der Waals surface area contributed by atoms with Gasteiger partial charge in [0.2, 0.25) is 11.8 Å². The van der Waals surface area contributed by atoms with Gasteiger partial charge in [-0.15, -0.1) is 0 Å². The third-order valence-electron chi connectivity index (χ3n) is 3.71. The standard InChI is InChI=1S/C17H17N3O4/c21-15(18-8-7-11-4-3-9-24-11)10-14-17(23)19-13-6-2-1-5-12(13)16(22)20-14/h1-6,9,14H,7-8,10H2,(H,18,21)(H,19,23)(H,20,22)/t14-/m0/s1. The fourth-order valence-electron chi connectivity index (χ4n) is 2.49. The van der Waals surface area contributed by atoms with Gasteiger partial charge in [0.05, 0.1) is 23.9 Å². The van der Waals surface area contributed by atoms with Gasteiger partial charge in [0.15, 0.2) is 0 Å². The van der Waals surface area contributed by atoms with Crippen molar-refractivity contribution in [2.75, 3.05) is 11.9 Å². The molecule has 3 rings (SSSR count). The summed E-state index contributed by atoms with van der Waals surface area (Å²) in [6.07, 6.45) is 2.01. The summed E-state index contributed by atoms with van der Waals surface area (Å²) in [5.41, 5.74) is 0.826. The maximum Gasteiger partial charge on any atom is 0.254 e. The number of para-hydroxylation sites is 1. The Labute approximate surface area is 138 Å². The molecule has 7 heteroatoms. The molecule has 0 spiro atoms. The predicted molar refractivity (Wildman–Crippen MR) is 86.4 cm³/mol. The van der Waals surface area contributed by atoms with Crippen molar-refractivity contribution in [3.63, 3.8) is 0 Å². The SMILES string of the molecule is O=C(C[C@@H]1NC(=O)c2ccccc2NC1=O)NCCc1ccco1. The van der Waals surface area contributed by atoms with E-state index in [1.165, 1.54) is 0 Å². The van der Waals surface area contributed by atoms with Crippen LogP contribution < -0.4 is 16.0 Å². The van der Waals surface area contributed by atoms with Crippen LogP contribution in [0.5, 0.6) is 0 Å². The number of amides is 3. The monoisotopic (exact) mass is 327 g/mol. The first-order valence-electron chi connectivity index (χ1n) is 7.63. The Morgan fingerprint density at radius 3 is 2.79 bits per heavy atom. The molecule has 1 aromatic carbocycles. The highest BCUT2D eigenvalue weighted by Crippen LogP contribution is 2.18. The van der Waals surface area contributed by atoms with Gasteiger partial charge in [0.1, 0.15) is 11.8 Å². The fourth-order valence-corrected chi connectivity index (χ4v) is 2.49. The first kappa shape index (κ1) is 15.8. The fraction of sp³-hybridized carbons (Fsp3) is 0.235. The molecule has 2 heterocycles. The minimum absolute atomic E-state index is 0.121. The maximum absolute atomic E-state index is 12.2. The number of nitrogens with one attached hydrogen (secondary N) is 3. The summed E-state index contributed by atoms with van der Waals surface area (Å²) in [4.78, 5) is 36.4. The molecule has 0 saturated carbocycles. The molecule has 0 bridgehead atoms. The van der Waals surface area contributed by atoms with Crippen molar-refractivity contribution in [1.82, 2.24) is 10.6 Å². The van der Waals surface area contributed by atoms with E-state index in [0.29, 0.717) is 24.2 Å². The maximum atomic E-state index is 12.2. The van der Waals surface area contributed by atoms with Gasteiger partial charge in [-0.1, -0.05) is 12.1 Å². The Morgan fingerprint density at radius 1 is 1.17 bits per heavy atom. The summed E-state index contributed by atoms with van der Waals surface area (Å²) in [6.45, 7) is 0.398. The van der Waals surface area contributed by atoms with Crippen LogP contribution in [0, 0.1) is 0 Å². The van der Waals surface area contributed by atoms with E-state index in [0.717, 1.165) is 5.76 Å². The minimum atomic E-state index is -0.909. The van der Waals surface area contributed by atoms with Crippen molar-refractivity contribution in [3.05, 3.63) is 54.0 Å². The van der Waals surface area contributed by atoms with Crippen LogP contribution in [-0.4, -0.2) is 30.3 Å². The molecule has 1 atom stereocenters. The molecule has 7 nitrogen and oxygen atoms in total. The average Bonchev–Trinajstić information content (AvgIpc) is 3.04. The van der Waals surface area contributed by atoms with Crippen LogP contribution >= 0.6 is 0 Å². The number of carbonyl (C=O) groups is 3. The lowest BCUT2D eigenvalue weighted by Gasteiger charge is -2.14. The van der Waals surface area contributed by atoms with Crippen molar-refractivity contribution < 1.29 is 18.8 Å². The highest BCUT2D eigenvalue weighted by atomic mass is 16.3. The van der Waals surface area contributed by atoms with Gasteiger partial charge in [-0.05, 0) is 24.3 Å². The predicted octanol–water partition coefficient (Wildman–Crippen LogP) is 1.08. The number of carbonyl (C=O) groups excluding carboxylic acids is 3. The topological polar surface area (TPSA) is 100 Å². The summed E-state index contributed by atoms with van der Waals surface area (Å²) in [7, 11) is 0. The molecule has 0 radical (unpaired) electrons. The highest BCUT2D eigenvalue weighted by Gasteiger charge is 2.29. The molecule has 3 N–H and O–H groups in total. The van der Waals surface area contributed by atoms with Crippen LogP contribution in [0.4, 0.5) is 5.69 Å². The zero-order valence-electron chi connectivity index (χ0n) is 12.9. The van der Waals surface area contributed by atoms with E-state index in [4.69, 9.17) is 4.42 Å². The van der Waals surface area contributed by atoms with Gasteiger partial charge < -0.3 is 20.4 Å². The number of furan rings is 1. The van der Waals surface area contributed by atoms with Gasteiger partial charge in [-0.3, -0.25) is 14.4 Å². The zero-order valence-corrected chi connectivity index (χ0v) is 12.9. The van der Waals surface area contributed by atoms with Crippen molar-refractivity contribution in [1.29, 1.82) is 0 Å². The number of anilines is 1. The van der Waals surface area contributed by atoms with Gasteiger partial charge in [-0.2, -0.15) is 0 Å². The number of fused-ring (bicyclic) bond motifs is 1. The molecule has 0 unspecified atom stereocenters. The Morgan fingerprint density at radius 2 is 2.00 bits per heavy atom. The third kappa shape index (κ3) is 3.62. The van der Waals surface area contributed by atoms with Crippen molar-refractivity contribution >= 4 is 23.4 Å². The second-order valence-corrected chi connectivity index (χ2v) is 5.44. The van der Waals surface area contributed by atoms with E-state index < -0.39 is 11.9 Å². The van der Waals surface area contributed by atoms with Crippen LogP contribution in [0.2, 0.25) is 0 Å². The number of benzene rings is 1. The molecule has 2 aromatic rings. The van der Waals surface area contributed by atoms with E-state index in [2.05, 4.69) is 16.0 Å². The summed E-state index contributed by atoms with van der Waals surface area (Å²) < 4.78 is 5.18. The van der Waals surface area contributed by atoms with E-state index in [1.807, 2.05) is 6.07 Å². The highest BCUT2D eigenvalue weighted by molar-refractivity contribution is 6.10. The Balaban J connectivity index is 1.56. The van der Waals surface area contributed by atoms with Crippen LogP contribution in [0.3, 0.4) is 0 Å². The molecular weight excluding hydrogens is 310 g/mol. The Kier molecular flexibility index (Phi) is 4.60. The molecule has 0 fully saturated rings. The average molecular weight is 327 g/mol. The van der Waals surface area contributed by atoms with Gasteiger partial charge in [-0.25, -0.2) is 0 Å². The van der Waals surface area contributed by atoms with E-state index in [-0.39, 0.29) is 18.2 Å². The summed E-state index contributed by atoms with van der Waals surface area (Å²) in [6, 6.07) is 9.41. The van der Waals surface area contributed by atoms with Crippen molar-refractivity contribution in [2.24, 2.45) is 0 Å². The molecular formula is C17H17N3O4. The van der Waals surface area contributed by atoms with E-state index in [9.17, 15) is 14.4 Å². The molecule has 1 aliphatic heterocycles. The van der Waals surface area contributed by atoms with Crippen LogP contribution in [0.1, 0.15) is 22.5 Å². The van der Waals surface area contributed by atoms with Crippen LogP contribution in [0.15, 0.2) is 47.1 Å². The molecule has 24 heavy (non-hydrogen) atoms. The van der Waals surface area contributed by atoms with Crippen LogP contribution in [0.25, 0.3) is 0 Å². The summed E-state index contributed by atoms with van der Waals surface area (Å²) in [5.74, 6) is -0.328. The molecule has 1 aliphatic rings. The smallest absolute Gasteiger partial charge is 0.254 e.